The molecule has 1 aliphatic heterocycles. The highest BCUT2D eigenvalue weighted by Crippen LogP contribution is 2.39. The lowest BCUT2D eigenvalue weighted by Gasteiger charge is -2.16. The van der Waals surface area contributed by atoms with Gasteiger partial charge in [-0.3, -0.25) is 9.69 Å². The number of hydrogen-bond donors (Lipinski definition) is 0. The first-order valence-electron chi connectivity index (χ1n) is 12.3. The van der Waals surface area contributed by atoms with Crippen LogP contribution in [-0.2, 0) is 14.9 Å². The number of amidine groups is 1. The van der Waals surface area contributed by atoms with Crippen LogP contribution in [0.3, 0.4) is 0 Å². The van der Waals surface area contributed by atoms with E-state index in [4.69, 9.17) is 55.6 Å². The third-order valence-electron chi connectivity index (χ3n) is 6.16. The van der Waals surface area contributed by atoms with Crippen LogP contribution in [0.4, 0.5) is 11.4 Å². The van der Waals surface area contributed by atoms with Gasteiger partial charge in [0, 0.05) is 15.1 Å². The van der Waals surface area contributed by atoms with E-state index in [1.165, 1.54) is 53.1 Å². The van der Waals surface area contributed by atoms with Gasteiger partial charge >= 0.3 is 10.1 Å². The summed E-state index contributed by atoms with van der Waals surface area (Å²) in [7, 11) is -4.14. The van der Waals surface area contributed by atoms with E-state index in [0.29, 0.717) is 42.1 Å². The fourth-order valence-electron chi connectivity index (χ4n) is 3.85. The lowest BCUT2D eigenvalue weighted by Crippen LogP contribution is -2.28. The second-order valence-corrected chi connectivity index (χ2v) is 13.4. The summed E-state index contributed by atoms with van der Waals surface area (Å²) in [5, 5.41) is 1.91. The first kappa shape index (κ1) is 30.5. The van der Waals surface area contributed by atoms with E-state index in [9.17, 15) is 13.2 Å². The number of thioether (sulfide) groups is 1. The van der Waals surface area contributed by atoms with Crippen LogP contribution in [0, 0.1) is 13.8 Å². The number of hydrogen-bond acceptors (Lipinski definition) is 6. The summed E-state index contributed by atoms with van der Waals surface area (Å²) < 4.78 is 30.6. The van der Waals surface area contributed by atoms with Crippen LogP contribution in [0.15, 0.2) is 93.7 Å². The standard InChI is InChI=1S/C30H20Cl4N2O4S2/c1-17-3-8-21(15-24(17)32)35-30-36(22-9-4-18(2)25(33)16-22)29(37)28(41-30)14-19-5-12-27(26(34)13-19)40-42(38,39)23-10-6-20(31)7-11-23/h3-16H,1-2H3/b28-14+,35-30?. The topological polar surface area (TPSA) is 76.0 Å². The van der Waals surface area contributed by atoms with Crippen molar-refractivity contribution >= 4 is 96.8 Å². The van der Waals surface area contributed by atoms with Crippen LogP contribution in [0.25, 0.3) is 6.08 Å². The van der Waals surface area contributed by atoms with Crippen LogP contribution >= 0.6 is 58.2 Å². The van der Waals surface area contributed by atoms with Gasteiger partial charge < -0.3 is 4.18 Å². The highest BCUT2D eigenvalue weighted by molar-refractivity contribution is 8.19. The second-order valence-electron chi connectivity index (χ2n) is 9.19. The van der Waals surface area contributed by atoms with Crippen LogP contribution in [0.1, 0.15) is 16.7 Å². The highest BCUT2D eigenvalue weighted by Gasteiger charge is 2.35. The Bertz CT molecular complexity index is 1890. The second kappa shape index (κ2) is 12.3. The molecule has 0 radical (unpaired) electrons. The Morgan fingerprint density at radius 3 is 2.12 bits per heavy atom. The van der Waals surface area contributed by atoms with Gasteiger partial charge in [-0.05, 0) is 109 Å². The molecule has 0 atom stereocenters. The molecule has 4 aromatic carbocycles. The Morgan fingerprint density at radius 1 is 0.810 bits per heavy atom. The van der Waals surface area contributed by atoms with Gasteiger partial charge in [0.15, 0.2) is 10.9 Å². The Balaban J connectivity index is 1.48. The van der Waals surface area contributed by atoms with Gasteiger partial charge in [-0.25, -0.2) is 4.99 Å². The number of carbonyl (C=O) groups excluding carboxylic acids is 1. The summed E-state index contributed by atoms with van der Waals surface area (Å²) in [5.41, 5.74) is 3.46. The molecule has 5 rings (SSSR count). The molecule has 0 bridgehead atoms. The average molecular weight is 678 g/mol. The molecule has 0 aromatic heterocycles. The molecule has 0 unspecified atom stereocenters. The molecule has 1 fully saturated rings. The maximum atomic E-state index is 13.7. The summed E-state index contributed by atoms with van der Waals surface area (Å²) in [4.78, 5) is 20.2. The van der Waals surface area contributed by atoms with Gasteiger partial charge in [-0.15, -0.1) is 0 Å². The molecule has 0 aliphatic carbocycles. The Hall–Kier alpha value is -2.98. The maximum absolute atomic E-state index is 13.7. The third-order valence-corrected chi connectivity index (χ3v) is 9.73. The molecule has 1 heterocycles. The van der Waals surface area contributed by atoms with Crippen molar-refractivity contribution in [1.29, 1.82) is 0 Å². The van der Waals surface area contributed by atoms with Crippen molar-refractivity contribution in [3.8, 4) is 5.75 Å². The number of rotatable bonds is 6. The maximum Gasteiger partial charge on any atom is 0.339 e. The van der Waals surface area contributed by atoms with Crippen LogP contribution in [0.2, 0.25) is 20.1 Å². The van der Waals surface area contributed by atoms with Gasteiger partial charge in [0.05, 0.1) is 21.3 Å². The lowest BCUT2D eigenvalue weighted by atomic mass is 10.2. The van der Waals surface area contributed by atoms with Crippen LogP contribution < -0.4 is 9.08 Å². The molecular weight excluding hydrogens is 658 g/mol. The summed E-state index contributed by atoms with van der Waals surface area (Å²) in [6, 6.07) is 20.8. The minimum Gasteiger partial charge on any atom is -0.377 e. The minimum absolute atomic E-state index is 0.0442. The van der Waals surface area contributed by atoms with Crippen molar-refractivity contribution in [2.45, 2.75) is 18.7 Å². The fraction of sp³-hybridized carbons (Fsp3) is 0.0667. The Morgan fingerprint density at radius 2 is 1.48 bits per heavy atom. The molecule has 12 heteroatoms. The molecule has 0 spiro atoms. The van der Waals surface area contributed by atoms with E-state index >= 15 is 0 Å². The molecule has 1 aliphatic rings. The number of aliphatic imine (C=N–C) groups is 1. The van der Waals surface area contributed by atoms with Crippen molar-refractivity contribution in [3.05, 3.63) is 121 Å². The van der Waals surface area contributed by atoms with Crippen molar-refractivity contribution < 1.29 is 17.4 Å². The highest BCUT2D eigenvalue weighted by atomic mass is 35.5. The number of aryl methyl sites for hydroxylation is 2. The van der Waals surface area contributed by atoms with Crippen molar-refractivity contribution in [3.63, 3.8) is 0 Å². The zero-order chi connectivity index (χ0) is 30.2. The van der Waals surface area contributed by atoms with Gasteiger partial charge in [0.1, 0.15) is 4.90 Å². The monoisotopic (exact) mass is 676 g/mol. The third kappa shape index (κ3) is 6.64. The Labute approximate surface area is 267 Å². The van der Waals surface area contributed by atoms with Gasteiger partial charge in [-0.2, -0.15) is 8.42 Å². The van der Waals surface area contributed by atoms with E-state index in [2.05, 4.69) is 0 Å². The van der Waals surface area contributed by atoms with Gasteiger partial charge in [0.25, 0.3) is 5.91 Å². The summed E-state index contributed by atoms with van der Waals surface area (Å²) >= 11 is 26.1. The molecule has 214 valence electrons. The first-order valence-corrected chi connectivity index (χ1v) is 16.0. The van der Waals surface area contributed by atoms with E-state index < -0.39 is 10.1 Å². The predicted octanol–water partition coefficient (Wildman–Crippen LogP) is 9.49. The zero-order valence-electron chi connectivity index (χ0n) is 21.9. The van der Waals surface area contributed by atoms with E-state index in [1.807, 2.05) is 32.0 Å². The normalized spacial score (nSPS) is 15.6. The van der Waals surface area contributed by atoms with Gasteiger partial charge in [0.2, 0.25) is 0 Å². The fourth-order valence-corrected chi connectivity index (χ4v) is 6.55. The number of carbonyl (C=O) groups is 1. The molecule has 1 saturated heterocycles. The predicted molar refractivity (Wildman–Crippen MR) is 173 cm³/mol. The molecular formula is C30H20Cl4N2O4S2. The number of nitrogens with zero attached hydrogens (tertiary/aromatic N) is 2. The van der Waals surface area contributed by atoms with Crippen molar-refractivity contribution in [1.82, 2.24) is 0 Å². The average Bonchev–Trinajstić information content (AvgIpc) is 3.23. The first-order chi connectivity index (χ1) is 19.9. The molecule has 0 saturated carbocycles. The quantitative estimate of drug-likeness (QED) is 0.150. The molecule has 0 N–H and O–H groups in total. The summed E-state index contributed by atoms with van der Waals surface area (Å²) in [5.74, 6) is -0.382. The summed E-state index contributed by atoms with van der Waals surface area (Å²) in [6.45, 7) is 3.77. The lowest BCUT2D eigenvalue weighted by molar-refractivity contribution is -0.113. The summed E-state index contributed by atoms with van der Waals surface area (Å²) in [6.07, 6.45) is 1.64. The Kier molecular flexibility index (Phi) is 8.94. The molecule has 1 amide bonds. The number of halogens is 4. The molecule has 6 nitrogen and oxygen atoms in total. The van der Waals surface area contributed by atoms with Crippen LogP contribution in [0.5, 0.6) is 5.75 Å². The van der Waals surface area contributed by atoms with E-state index in [-0.39, 0.29) is 21.6 Å². The van der Waals surface area contributed by atoms with Gasteiger partial charge in [-0.1, -0.05) is 64.6 Å². The van der Waals surface area contributed by atoms with Crippen LogP contribution in [-0.4, -0.2) is 19.5 Å². The molecule has 4 aromatic rings. The smallest absolute Gasteiger partial charge is 0.339 e. The van der Waals surface area contributed by atoms with Crippen molar-refractivity contribution in [2.75, 3.05) is 4.90 Å². The number of anilines is 1. The van der Waals surface area contributed by atoms with E-state index in [0.717, 1.165) is 11.1 Å². The number of amides is 1. The zero-order valence-corrected chi connectivity index (χ0v) is 26.6. The van der Waals surface area contributed by atoms with Crippen molar-refractivity contribution in [2.24, 2.45) is 4.99 Å². The molecule has 42 heavy (non-hydrogen) atoms. The largest absolute Gasteiger partial charge is 0.377 e. The minimum atomic E-state index is -4.14. The van der Waals surface area contributed by atoms with E-state index in [1.54, 1.807) is 30.3 Å². The SMILES string of the molecule is Cc1ccc(N=C2S/C(=C/c3ccc(OS(=O)(=O)c4ccc(Cl)cc4)c(Cl)c3)C(=O)N2c2ccc(C)c(Cl)c2)cc1Cl. The number of benzene rings is 4.